The van der Waals surface area contributed by atoms with Crippen LogP contribution >= 0.6 is 0 Å². The molecular formula is C14H10N2. The Morgan fingerprint density at radius 2 is 1.81 bits per heavy atom. The summed E-state index contributed by atoms with van der Waals surface area (Å²) >= 11 is 0. The van der Waals surface area contributed by atoms with Crippen molar-refractivity contribution in [3.63, 3.8) is 0 Å². The van der Waals surface area contributed by atoms with Crippen molar-refractivity contribution in [3.8, 4) is 11.8 Å². The Labute approximate surface area is 94.7 Å². The van der Waals surface area contributed by atoms with Crippen LogP contribution in [0.5, 0.6) is 0 Å². The van der Waals surface area contributed by atoms with Gasteiger partial charge in [-0.1, -0.05) is 12.0 Å². The number of pyridine rings is 1. The summed E-state index contributed by atoms with van der Waals surface area (Å²) in [5.41, 5.74) is 2.56. The van der Waals surface area contributed by atoms with Crippen LogP contribution in [0.2, 0.25) is 0 Å². The van der Waals surface area contributed by atoms with Crippen molar-refractivity contribution in [2.75, 3.05) is 0 Å². The molecule has 0 saturated heterocycles. The fraction of sp³-hybridized carbons (Fsp3) is 0. The first-order valence-electron chi connectivity index (χ1n) is 4.88. The van der Waals surface area contributed by atoms with Gasteiger partial charge in [-0.15, -0.1) is 0 Å². The molecule has 1 heterocycles. The van der Waals surface area contributed by atoms with E-state index in [2.05, 4.69) is 28.5 Å². The summed E-state index contributed by atoms with van der Waals surface area (Å²) in [4.78, 5) is 7.94. The molecule has 0 bridgehead atoms. The summed E-state index contributed by atoms with van der Waals surface area (Å²) < 4.78 is 0. The van der Waals surface area contributed by atoms with Crippen LogP contribution in [-0.2, 0) is 0 Å². The Morgan fingerprint density at radius 1 is 1.00 bits per heavy atom. The van der Waals surface area contributed by atoms with Gasteiger partial charge in [0.05, 0.1) is 5.69 Å². The third-order valence-electron chi connectivity index (χ3n) is 2.05. The number of aromatic nitrogens is 1. The van der Waals surface area contributed by atoms with Crippen molar-refractivity contribution >= 4 is 12.4 Å². The van der Waals surface area contributed by atoms with Crippen LogP contribution in [0.25, 0.3) is 0 Å². The summed E-state index contributed by atoms with van der Waals surface area (Å²) in [7, 11) is 0. The van der Waals surface area contributed by atoms with Crippen LogP contribution in [0.15, 0.2) is 53.7 Å². The minimum atomic E-state index is 0.772. The van der Waals surface area contributed by atoms with Gasteiger partial charge in [-0.05, 0) is 49.0 Å². The zero-order chi connectivity index (χ0) is 11.2. The van der Waals surface area contributed by atoms with E-state index in [9.17, 15) is 0 Å². The lowest BCUT2D eigenvalue weighted by Gasteiger charge is -1.92. The van der Waals surface area contributed by atoms with E-state index in [1.54, 1.807) is 6.20 Å². The van der Waals surface area contributed by atoms with Gasteiger partial charge in [-0.25, -0.2) is 4.98 Å². The van der Waals surface area contributed by atoms with Gasteiger partial charge >= 0.3 is 0 Å². The molecule has 1 aromatic heterocycles. The van der Waals surface area contributed by atoms with Gasteiger partial charge in [0.15, 0.2) is 0 Å². The SMILES string of the molecule is C=Nc1ccc(C#Cc2ccccn2)cc1. The molecule has 0 spiro atoms. The largest absolute Gasteiger partial charge is 0.265 e. The minimum Gasteiger partial charge on any atom is -0.265 e. The molecule has 2 aromatic rings. The summed E-state index contributed by atoms with van der Waals surface area (Å²) in [6, 6.07) is 13.3. The van der Waals surface area contributed by atoms with E-state index in [4.69, 9.17) is 0 Å². The van der Waals surface area contributed by atoms with Gasteiger partial charge in [0.25, 0.3) is 0 Å². The predicted octanol–water partition coefficient (Wildman–Crippen LogP) is 2.81. The van der Waals surface area contributed by atoms with E-state index >= 15 is 0 Å². The molecule has 1 aromatic carbocycles. The maximum atomic E-state index is 4.13. The molecule has 0 saturated carbocycles. The smallest absolute Gasteiger partial charge is 0.113 e. The van der Waals surface area contributed by atoms with Crippen molar-refractivity contribution in [3.05, 3.63) is 59.9 Å². The van der Waals surface area contributed by atoms with Gasteiger partial charge in [-0.2, -0.15) is 0 Å². The van der Waals surface area contributed by atoms with Crippen LogP contribution in [0.4, 0.5) is 5.69 Å². The van der Waals surface area contributed by atoms with Crippen molar-refractivity contribution in [2.24, 2.45) is 4.99 Å². The maximum Gasteiger partial charge on any atom is 0.113 e. The average Bonchev–Trinajstić information content (AvgIpc) is 2.38. The van der Waals surface area contributed by atoms with Crippen LogP contribution < -0.4 is 0 Å². The van der Waals surface area contributed by atoms with Gasteiger partial charge < -0.3 is 0 Å². The van der Waals surface area contributed by atoms with E-state index in [1.165, 1.54) is 0 Å². The van der Waals surface area contributed by atoms with Crippen molar-refractivity contribution < 1.29 is 0 Å². The maximum absolute atomic E-state index is 4.13. The van der Waals surface area contributed by atoms with Crippen molar-refractivity contribution in [1.82, 2.24) is 4.98 Å². The Bertz CT molecular complexity index is 530. The molecule has 2 heteroatoms. The first-order chi connectivity index (χ1) is 7.88. The third kappa shape index (κ3) is 2.55. The molecule has 0 fully saturated rings. The topological polar surface area (TPSA) is 25.2 Å². The molecule has 0 amide bonds. The zero-order valence-electron chi connectivity index (χ0n) is 8.72. The van der Waals surface area contributed by atoms with Crippen molar-refractivity contribution in [2.45, 2.75) is 0 Å². The Morgan fingerprint density at radius 3 is 2.44 bits per heavy atom. The minimum absolute atomic E-state index is 0.772. The highest BCUT2D eigenvalue weighted by atomic mass is 14.7. The second-order valence-electron chi connectivity index (χ2n) is 3.17. The van der Waals surface area contributed by atoms with E-state index < -0.39 is 0 Å². The fourth-order valence-corrected chi connectivity index (χ4v) is 1.22. The number of hydrogen-bond acceptors (Lipinski definition) is 2. The number of aliphatic imine (C=N–C) groups is 1. The molecular weight excluding hydrogens is 196 g/mol. The number of hydrogen-bond donors (Lipinski definition) is 0. The second-order valence-corrected chi connectivity index (χ2v) is 3.17. The molecule has 2 nitrogen and oxygen atoms in total. The van der Waals surface area contributed by atoms with E-state index in [1.807, 2.05) is 42.5 Å². The molecule has 0 unspecified atom stereocenters. The Hall–Kier alpha value is -2.40. The fourth-order valence-electron chi connectivity index (χ4n) is 1.22. The molecule has 0 aliphatic carbocycles. The van der Waals surface area contributed by atoms with Gasteiger partial charge in [0.1, 0.15) is 5.69 Å². The average molecular weight is 206 g/mol. The van der Waals surface area contributed by atoms with Gasteiger partial charge in [0.2, 0.25) is 0 Å². The standard InChI is InChI=1S/C14H10N2/c1-15-13-8-5-12(6-9-13)7-10-14-4-2-3-11-16-14/h2-6,8-9,11H,1H2. The normalized spacial score (nSPS) is 9.00. The highest BCUT2D eigenvalue weighted by molar-refractivity contribution is 5.49. The van der Waals surface area contributed by atoms with Crippen LogP contribution in [0, 0.1) is 11.8 Å². The first-order valence-corrected chi connectivity index (χ1v) is 4.88. The molecule has 76 valence electrons. The number of benzene rings is 1. The van der Waals surface area contributed by atoms with E-state index in [0.717, 1.165) is 16.9 Å². The molecule has 0 aliphatic rings. The summed E-state index contributed by atoms with van der Waals surface area (Å²) in [6.45, 7) is 3.46. The number of nitrogens with zero attached hydrogens (tertiary/aromatic N) is 2. The Kier molecular flexibility index (Phi) is 3.10. The molecule has 0 aliphatic heterocycles. The highest BCUT2D eigenvalue weighted by Gasteiger charge is 1.88. The summed E-state index contributed by atoms with van der Waals surface area (Å²) in [6.07, 6.45) is 1.73. The number of rotatable bonds is 1. The lowest BCUT2D eigenvalue weighted by atomic mass is 10.2. The van der Waals surface area contributed by atoms with E-state index in [-0.39, 0.29) is 0 Å². The van der Waals surface area contributed by atoms with Gasteiger partial charge in [0, 0.05) is 11.8 Å². The second kappa shape index (κ2) is 4.90. The van der Waals surface area contributed by atoms with Gasteiger partial charge in [-0.3, -0.25) is 4.99 Å². The molecule has 16 heavy (non-hydrogen) atoms. The monoisotopic (exact) mass is 206 g/mol. The third-order valence-corrected chi connectivity index (χ3v) is 2.05. The molecule has 0 atom stereocenters. The molecule has 2 rings (SSSR count). The van der Waals surface area contributed by atoms with Crippen LogP contribution in [0.1, 0.15) is 11.3 Å². The lowest BCUT2D eigenvalue weighted by molar-refractivity contribution is 1.29. The van der Waals surface area contributed by atoms with E-state index in [0.29, 0.717) is 0 Å². The Balaban J connectivity index is 2.21. The molecule has 0 radical (unpaired) electrons. The highest BCUT2D eigenvalue weighted by Crippen LogP contribution is 2.10. The van der Waals surface area contributed by atoms with Crippen molar-refractivity contribution in [1.29, 1.82) is 0 Å². The summed E-state index contributed by atoms with van der Waals surface area (Å²) in [5, 5.41) is 0. The summed E-state index contributed by atoms with van der Waals surface area (Å²) in [5.74, 6) is 6.03. The van der Waals surface area contributed by atoms with Crippen LogP contribution in [-0.4, -0.2) is 11.7 Å². The zero-order valence-corrected chi connectivity index (χ0v) is 8.72. The first kappa shape index (κ1) is 10.1. The quantitative estimate of drug-likeness (QED) is 0.520. The molecule has 0 N–H and O–H groups in total. The van der Waals surface area contributed by atoms with Crippen LogP contribution in [0.3, 0.4) is 0 Å². The predicted molar refractivity (Wildman–Crippen MR) is 65.9 cm³/mol. The lowest BCUT2D eigenvalue weighted by Crippen LogP contribution is -1.79.